The fourth-order valence-corrected chi connectivity index (χ4v) is 1.07. The fraction of sp³-hybridized carbons (Fsp3) is 0.111. The Balaban J connectivity index is 2.64. The van der Waals surface area contributed by atoms with E-state index in [1.54, 1.807) is 6.08 Å². The monoisotopic (exact) mass is 197 g/mol. The zero-order valence-corrected chi connectivity index (χ0v) is 7.76. The van der Waals surface area contributed by atoms with Crippen LogP contribution in [0.4, 0.5) is 0 Å². The van der Waals surface area contributed by atoms with E-state index >= 15 is 0 Å². The minimum atomic E-state index is -2.54. The summed E-state index contributed by atoms with van der Waals surface area (Å²) in [6.45, 7) is 0. The van der Waals surface area contributed by atoms with Crippen LogP contribution in [0.2, 0.25) is 0 Å². The first-order chi connectivity index (χ1) is 6.20. The molecule has 13 heavy (non-hydrogen) atoms. The van der Waals surface area contributed by atoms with Crippen LogP contribution < -0.4 is 0 Å². The van der Waals surface area contributed by atoms with Crippen molar-refractivity contribution in [3.63, 3.8) is 0 Å². The summed E-state index contributed by atoms with van der Waals surface area (Å²) < 4.78 is 10.4. The first-order valence-electron chi connectivity index (χ1n) is 3.76. The zero-order valence-electron chi connectivity index (χ0n) is 6.87. The second kappa shape index (κ2) is 4.87. The van der Waals surface area contributed by atoms with E-state index in [1.807, 2.05) is 30.3 Å². The number of aliphatic hydroxyl groups excluding tert-OH is 1. The van der Waals surface area contributed by atoms with Crippen LogP contribution in [0.3, 0.4) is 0 Å². The predicted octanol–water partition coefficient (Wildman–Crippen LogP) is 1.75. The van der Waals surface area contributed by atoms with E-state index < -0.39 is 13.9 Å². The molecule has 2 N–H and O–H groups in total. The van der Waals surface area contributed by atoms with Crippen LogP contribution in [-0.2, 0) is 4.57 Å². The molecule has 1 unspecified atom stereocenters. The van der Waals surface area contributed by atoms with Crippen molar-refractivity contribution in [2.24, 2.45) is 0 Å². The molecule has 0 fully saturated rings. The molecule has 0 saturated carbocycles. The number of hydrogen-bond acceptors (Lipinski definition) is 2. The molecule has 68 valence electrons. The Morgan fingerprint density at radius 2 is 1.92 bits per heavy atom. The van der Waals surface area contributed by atoms with E-state index in [9.17, 15) is 4.57 Å². The standard InChI is InChI=1S/C9H9O3P/c10-9(13(11)12)7-6-8-4-2-1-3-5-8/h1-7,9-10H/p+1/b7-6-/t9-/m1/s1. The molecule has 3 nitrogen and oxygen atoms in total. The topological polar surface area (TPSA) is 57.5 Å². The molecule has 0 bridgehead atoms. The van der Waals surface area contributed by atoms with Crippen LogP contribution >= 0.6 is 8.03 Å². The quantitative estimate of drug-likeness (QED) is 0.726. The molecule has 0 aliphatic heterocycles. The van der Waals surface area contributed by atoms with Crippen LogP contribution in [-0.4, -0.2) is 15.8 Å². The highest BCUT2D eigenvalue weighted by Crippen LogP contribution is 2.21. The molecule has 0 aliphatic carbocycles. The van der Waals surface area contributed by atoms with Gasteiger partial charge in [-0.25, -0.2) is 0 Å². The van der Waals surface area contributed by atoms with Gasteiger partial charge in [0.05, 0.1) is 0 Å². The Bertz CT molecular complexity index is 308. The van der Waals surface area contributed by atoms with Gasteiger partial charge in [0.2, 0.25) is 0 Å². The molecule has 0 aromatic heterocycles. The van der Waals surface area contributed by atoms with E-state index in [0.717, 1.165) is 5.56 Å². The first-order valence-corrected chi connectivity index (χ1v) is 5.05. The molecular weight excluding hydrogens is 187 g/mol. The summed E-state index contributed by atoms with van der Waals surface area (Å²) >= 11 is 0. The Morgan fingerprint density at radius 1 is 1.31 bits per heavy atom. The van der Waals surface area contributed by atoms with Crippen molar-refractivity contribution in [3.8, 4) is 0 Å². The number of hydrogen-bond donors (Lipinski definition) is 2. The zero-order chi connectivity index (χ0) is 9.68. The van der Waals surface area contributed by atoms with Crippen molar-refractivity contribution >= 4 is 14.1 Å². The SMILES string of the molecule is O=[P+](O)[C@@H](O)/C=C\c1ccccc1. The van der Waals surface area contributed by atoms with Gasteiger partial charge in [-0.2, -0.15) is 4.89 Å². The second-order valence-electron chi connectivity index (χ2n) is 2.49. The van der Waals surface area contributed by atoms with E-state index in [-0.39, 0.29) is 0 Å². The third kappa shape index (κ3) is 3.47. The first kappa shape index (κ1) is 10.1. The number of benzene rings is 1. The molecule has 0 radical (unpaired) electrons. The lowest BCUT2D eigenvalue weighted by Gasteiger charge is -1.90. The van der Waals surface area contributed by atoms with Crippen LogP contribution in [0.25, 0.3) is 6.08 Å². The van der Waals surface area contributed by atoms with Crippen molar-refractivity contribution in [1.82, 2.24) is 0 Å². The maximum Gasteiger partial charge on any atom is 0.542 e. The summed E-state index contributed by atoms with van der Waals surface area (Å²) in [6, 6.07) is 9.26. The normalized spacial score (nSPS) is 14.5. The van der Waals surface area contributed by atoms with Gasteiger partial charge in [0.1, 0.15) is 0 Å². The van der Waals surface area contributed by atoms with Crippen LogP contribution in [0.5, 0.6) is 0 Å². The minimum Gasteiger partial charge on any atom is -0.345 e. The minimum absolute atomic E-state index is 0.887. The maximum absolute atomic E-state index is 10.4. The molecule has 0 saturated heterocycles. The lowest BCUT2D eigenvalue weighted by atomic mass is 10.2. The lowest BCUT2D eigenvalue weighted by molar-refractivity contribution is 0.282. The Kier molecular flexibility index (Phi) is 3.77. The van der Waals surface area contributed by atoms with Gasteiger partial charge < -0.3 is 5.11 Å². The van der Waals surface area contributed by atoms with E-state index in [0.29, 0.717) is 0 Å². The summed E-state index contributed by atoms with van der Waals surface area (Å²) in [5.74, 6) is -1.28. The van der Waals surface area contributed by atoms with Crippen LogP contribution in [0.1, 0.15) is 5.56 Å². The van der Waals surface area contributed by atoms with E-state index in [2.05, 4.69) is 0 Å². The molecular formula is C9H10O3P+. The molecule has 0 spiro atoms. The Morgan fingerprint density at radius 3 is 2.46 bits per heavy atom. The Hall–Kier alpha value is -1.02. The van der Waals surface area contributed by atoms with Crippen molar-refractivity contribution in [1.29, 1.82) is 0 Å². The highest BCUT2D eigenvalue weighted by Gasteiger charge is 2.21. The van der Waals surface area contributed by atoms with Gasteiger partial charge in [0.15, 0.2) is 0 Å². The van der Waals surface area contributed by atoms with E-state index in [4.69, 9.17) is 10.00 Å². The smallest absolute Gasteiger partial charge is 0.345 e. The lowest BCUT2D eigenvalue weighted by Crippen LogP contribution is -1.92. The molecule has 0 aliphatic rings. The van der Waals surface area contributed by atoms with Crippen molar-refractivity contribution < 1.29 is 14.6 Å². The van der Waals surface area contributed by atoms with Gasteiger partial charge in [-0.1, -0.05) is 36.4 Å². The van der Waals surface area contributed by atoms with Gasteiger partial charge in [0, 0.05) is 0 Å². The fourth-order valence-electron chi connectivity index (χ4n) is 0.835. The second-order valence-corrected chi connectivity index (χ2v) is 3.62. The average molecular weight is 197 g/mol. The summed E-state index contributed by atoms with van der Waals surface area (Å²) in [6.07, 6.45) is 2.90. The molecule has 1 rings (SSSR count). The third-order valence-corrected chi connectivity index (χ3v) is 2.11. The highest BCUT2D eigenvalue weighted by molar-refractivity contribution is 7.38. The van der Waals surface area contributed by atoms with Gasteiger partial charge in [-0.05, 0) is 16.2 Å². The van der Waals surface area contributed by atoms with Gasteiger partial charge in [0.25, 0.3) is 0 Å². The third-order valence-electron chi connectivity index (χ3n) is 1.49. The highest BCUT2D eigenvalue weighted by atomic mass is 31.1. The van der Waals surface area contributed by atoms with Crippen molar-refractivity contribution in [2.75, 3.05) is 0 Å². The predicted molar refractivity (Wildman–Crippen MR) is 51.3 cm³/mol. The Labute approximate surface area is 77.2 Å². The summed E-state index contributed by atoms with van der Waals surface area (Å²) in [4.78, 5) is 8.51. The molecule has 2 atom stereocenters. The largest absolute Gasteiger partial charge is 0.542 e. The molecule has 1 aromatic rings. The van der Waals surface area contributed by atoms with Gasteiger partial charge in [-0.3, -0.25) is 0 Å². The summed E-state index contributed by atoms with van der Waals surface area (Å²) in [7, 11) is -2.54. The summed E-state index contributed by atoms with van der Waals surface area (Å²) in [5.41, 5.74) is 0.887. The maximum atomic E-state index is 10.4. The van der Waals surface area contributed by atoms with E-state index in [1.165, 1.54) is 6.08 Å². The van der Waals surface area contributed by atoms with Crippen molar-refractivity contribution in [2.45, 2.75) is 5.85 Å². The molecule has 0 heterocycles. The molecule has 0 amide bonds. The molecule has 1 aromatic carbocycles. The number of aliphatic hydroxyl groups is 1. The van der Waals surface area contributed by atoms with Crippen LogP contribution in [0, 0.1) is 0 Å². The average Bonchev–Trinajstić information content (AvgIpc) is 2.15. The van der Waals surface area contributed by atoms with Gasteiger partial charge in [-0.15, -0.1) is 0 Å². The summed E-state index contributed by atoms with van der Waals surface area (Å²) in [5, 5.41) is 8.97. The molecule has 4 heteroatoms. The van der Waals surface area contributed by atoms with Gasteiger partial charge >= 0.3 is 13.9 Å². The van der Waals surface area contributed by atoms with Crippen LogP contribution in [0.15, 0.2) is 36.4 Å². The van der Waals surface area contributed by atoms with Crippen molar-refractivity contribution in [3.05, 3.63) is 42.0 Å². The number of rotatable bonds is 3.